The van der Waals surface area contributed by atoms with Gasteiger partial charge in [-0.3, -0.25) is 0 Å². The first kappa shape index (κ1) is 13.9. The maximum atomic E-state index is 3.69. The fourth-order valence-electron chi connectivity index (χ4n) is 3.96. The molecule has 2 heterocycles. The molecule has 3 rings (SSSR count). The molecule has 1 aromatic carbocycles. The maximum absolute atomic E-state index is 3.69. The van der Waals surface area contributed by atoms with Gasteiger partial charge in [0.25, 0.3) is 0 Å². The van der Waals surface area contributed by atoms with E-state index in [0.29, 0.717) is 11.5 Å². The van der Waals surface area contributed by atoms with Crippen LogP contribution in [0.2, 0.25) is 0 Å². The summed E-state index contributed by atoms with van der Waals surface area (Å²) in [5.74, 6) is 0. The highest BCUT2D eigenvalue weighted by atomic mass is 15.2. The molecule has 0 amide bonds. The van der Waals surface area contributed by atoms with Crippen LogP contribution in [0.25, 0.3) is 0 Å². The number of anilines is 1. The molecule has 1 saturated heterocycles. The third-order valence-corrected chi connectivity index (χ3v) is 5.74. The molecule has 0 aliphatic carbocycles. The summed E-state index contributed by atoms with van der Waals surface area (Å²) in [4.78, 5) is 2.67. The van der Waals surface area contributed by atoms with Crippen LogP contribution in [0.1, 0.15) is 45.1 Å². The molecule has 1 fully saturated rings. The standard InChI is InChI=1S/C18H28N2/c1-3-18(4-2)9-11-20(12-10-18)14-16-13-15-7-5-6-8-17(15)19-16/h5-8,16,19H,3-4,9-14H2,1-2H3. The Morgan fingerprint density at radius 1 is 1.15 bits per heavy atom. The maximum Gasteiger partial charge on any atom is 0.0429 e. The zero-order valence-corrected chi connectivity index (χ0v) is 13.0. The van der Waals surface area contributed by atoms with Gasteiger partial charge in [-0.15, -0.1) is 0 Å². The van der Waals surface area contributed by atoms with Crippen molar-refractivity contribution < 1.29 is 0 Å². The second-order valence-electron chi connectivity index (χ2n) is 6.71. The number of nitrogens with zero attached hydrogens (tertiary/aromatic N) is 1. The summed E-state index contributed by atoms with van der Waals surface area (Å²) in [7, 11) is 0. The Hall–Kier alpha value is -1.02. The molecule has 2 aliphatic heterocycles. The van der Waals surface area contributed by atoms with Gasteiger partial charge in [-0.1, -0.05) is 44.9 Å². The summed E-state index contributed by atoms with van der Waals surface area (Å²) in [5, 5.41) is 3.69. The SMILES string of the molecule is CCC1(CC)CCN(CC2Cc3ccccc3N2)CC1. The predicted molar refractivity (Wildman–Crippen MR) is 86.2 cm³/mol. The van der Waals surface area contributed by atoms with Crippen molar-refractivity contribution in [2.75, 3.05) is 25.0 Å². The topological polar surface area (TPSA) is 15.3 Å². The number of nitrogens with one attached hydrogen (secondary N) is 1. The largest absolute Gasteiger partial charge is 0.380 e. The van der Waals surface area contributed by atoms with Gasteiger partial charge in [-0.05, 0) is 49.4 Å². The molecule has 0 aromatic heterocycles. The van der Waals surface area contributed by atoms with Crippen LogP contribution in [0.3, 0.4) is 0 Å². The molecule has 2 aliphatic rings. The summed E-state index contributed by atoms with van der Waals surface area (Å²) in [6.45, 7) is 8.52. The average Bonchev–Trinajstić information content (AvgIpc) is 2.90. The van der Waals surface area contributed by atoms with Crippen molar-refractivity contribution >= 4 is 5.69 Å². The van der Waals surface area contributed by atoms with Gasteiger partial charge in [0.05, 0.1) is 0 Å². The molecule has 0 bridgehead atoms. The van der Waals surface area contributed by atoms with E-state index in [2.05, 4.69) is 48.3 Å². The van der Waals surface area contributed by atoms with Gasteiger partial charge in [-0.25, -0.2) is 0 Å². The molecule has 0 spiro atoms. The number of likely N-dealkylation sites (tertiary alicyclic amines) is 1. The average molecular weight is 272 g/mol. The van der Waals surface area contributed by atoms with Crippen molar-refractivity contribution in [3.8, 4) is 0 Å². The summed E-state index contributed by atoms with van der Waals surface area (Å²) in [6, 6.07) is 9.37. The van der Waals surface area contributed by atoms with E-state index in [1.807, 2.05) is 0 Å². The predicted octanol–water partition coefficient (Wildman–Crippen LogP) is 3.93. The minimum absolute atomic E-state index is 0.614. The van der Waals surface area contributed by atoms with E-state index in [4.69, 9.17) is 0 Å². The van der Waals surface area contributed by atoms with Crippen LogP contribution in [0.4, 0.5) is 5.69 Å². The second kappa shape index (κ2) is 5.77. The fraction of sp³-hybridized carbons (Fsp3) is 0.667. The first-order valence-corrected chi connectivity index (χ1v) is 8.31. The van der Waals surface area contributed by atoms with E-state index < -0.39 is 0 Å². The lowest BCUT2D eigenvalue weighted by molar-refractivity contribution is 0.0931. The number of hydrogen-bond donors (Lipinski definition) is 1. The zero-order chi connectivity index (χ0) is 14.0. The highest BCUT2D eigenvalue weighted by Gasteiger charge is 2.32. The van der Waals surface area contributed by atoms with E-state index in [-0.39, 0.29) is 0 Å². The first-order chi connectivity index (χ1) is 9.74. The van der Waals surface area contributed by atoms with Crippen molar-refractivity contribution in [1.82, 2.24) is 4.90 Å². The summed E-state index contributed by atoms with van der Waals surface area (Å²) in [5.41, 5.74) is 3.49. The second-order valence-corrected chi connectivity index (χ2v) is 6.71. The highest BCUT2D eigenvalue weighted by Crippen LogP contribution is 2.38. The zero-order valence-electron chi connectivity index (χ0n) is 13.0. The third kappa shape index (κ3) is 2.71. The van der Waals surface area contributed by atoms with E-state index in [0.717, 1.165) is 0 Å². The van der Waals surface area contributed by atoms with E-state index in [1.165, 1.54) is 63.0 Å². The van der Waals surface area contributed by atoms with Gasteiger partial charge in [-0.2, -0.15) is 0 Å². The Kier molecular flexibility index (Phi) is 4.02. The van der Waals surface area contributed by atoms with Crippen molar-refractivity contribution in [3.05, 3.63) is 29.8 Å². The molecule has 0 radical (unpaired) electrons. The van der Waals surface area contributed by atoms with Gasteiger partial charge in [0.15, 0.2) is 0 Å². The lowest BCUT2D eigenvalue weighted by Gasteiger charge is -2.41. The van der Waals surface area contributed by atoms with Crippen molar-refractivity contribution in [2.24, 2.45) is 5.41 Å². The van der Waals surface area contributed by atoms with Crippen molar-refractivity contribution in [1.29, 1.82) is 0 Å². The number of piperidine rings is 1. The molecule has 0 saturated carbocycles. The van der Waals surface area contributed by atoms with Crippen LogP contribution >= 0.6 is 0 Å². The highest BCUT2D eigenvalue weighted by molar-refractivity contribution is 5.56. The Bertz CT molecular complexity index is 415. The molecular formula is C18H28N2. The van der Waals surface area contributed by atoms with Gasteiger partial charge in [0.2, 0.25) is 0 Å². The smallest absolute Gasteiger partial charge is 0.0429 e. The van der Waals surface area contributed by atoms with Gasteiger partial charge in [0, 0.05) is 18.3 Å². The number of hydrogen-bond acceptors (Lipinski definition) is 2. The molecule has 1 atom stereocenters. The van der Waals surface area contributed by atoms with Gasteiger partial charge in [0.1, 0.15) is 0 Å². The molecule has 2 heteroatoms. The van der Waals surface area contributed by atoms with E-state index >= 15 is 0 Å². The number of para-hydroxylation sites is 1. The monoisotopic (exact) mass is 272 g/mol. The lowest BCUT2D eigenvalue weighted by atomic mass is 9.74. The van der Waals surface area contributed by atoms with Crippen molar-refractivity contribution in [2.45, 2.75) is 52.0 Å². The molecule has 2 nitrogen and oxygen atoms in total. The van der Waals surface area contributed by atoms with E-state index in [1.54, 1.807) is 0 Å². The van der Waals surface area contributed by atoms with Gasteiger partial charge < -0.3 is 10.2 Å². The summed E-state index contributed by atoms with van der Waals surface area (Å²) >= 11 is 0. The molecular weight excluding hydrogens is 244 g/mol. The van der Waals surface area contributed by atoms with E-state index in [9.17, 15) is 0 Å². The van der Waals surface area contributed by atoms with Crippen LogP contribution in [-0.2, 0) is 6.42 Å². The van der Waals surface area contributed by atoms with Crippen LogP contribution in [0.15, 0.2) is 24.3 Å². The quantitative estimate of drug-likeness (QED) is 0.893. The lowest BCUT2D eigenvalue weighted by Crippen LogP contribution is -2.44. The first-order valence-electron chi connectivity index (χ1n) is 8.31. The van der Waals surface area contributed by atoms with Crippen LogP contribution in [0, 0.1) is 5.41 Å². The number of fused-ring (bicyclic) bond motifs is 1. The molecule has 1 unspecified atom stereocenters. The van der Waals surface area contributed by atoms with Crippen LogP contribution < -0.4 is 5.32 Å². The molecule has 110 valence electrons. The Morgan fingerprint density at radius 2 is 1.85 bits per heavy atom. The summed E-state index contributed by atoms with van der Waals surface area (Å²) < 4.78 is 0. The summed E-state index contributed by atoms with van der Waals surface area (Å²) in [6.07, 6.45) is 6.67. The molecule has 20 heavy (non-hydrogen) atoms. The third-order valence-electron chi connectivity index (χ3n) is 5.74. The normalized spacial score (nSPS) is 25.2. The fourth-order valence-corrected chi connectivity index (χ4v) is 3.96. The minimum Gasteiger partial charge on any atom is -0.380 e. The number of benzene rings is 1. The Balaban J connectivity index is 1.52. The van der Waals surface area contributed by atoms with Crippen molar-refractivity contribution in [3.63, 3.8) is 0 Å². The molecule has 1 N–H and O–H groups in total. The Morgan fingerprint density at radius 3 is 2.50 bits per heavy atom. The Labute approximate surface area is 123 Å². The molecule has 1 aromatic rings. The van der Waals surface area contributed by atoms with Crippen LogP contribution in [0.5, 0.6) is 0 Å². The number of rotatable bonds is 4. The van der Waals surface area contributed by atoms with Gasteiger partial charge >= 0.3 is 0 Å². The minimum atomic E-state index is 0.614. The van der Waals surface area contributed by atoms with Crippen LogP contribution in [-0.4, -0.2) is 30.6 Å².